The van der Waals surface area contributed by atoms with Gasteiger partial charge in [0, 0.05) is 37.0 Å². The predicted molar refractivity (Wildman–Crippen MR) is 69.8 cm³/mol. The Morgan fingerprint density at radius 1 is 1.65 bits per heavy atom. The Balaban J connectivity index is 2.82. The van der Waals surface area contributed by atoms with Gasteiger partial charge in [-0.1, -0.05) is 6.92 Å². The summed E-state index contributed by atoms with van der Waals surface area (Å²) in [5, 5.41) is 7.42. The Kier molecular flexibility index (Phi) is 4.75. The van der Waals surface area contributed by atoms with Crippen molar-refractivity contribution in [3.8, 4) is 5.88 Å². The van der Waals surface area contributed by atoms with E-state index in [9.17, 15) is 0 Å². The minimum atomic E-state index is 0.0362. The lowest BCUT2D eigenvalue weighted by Crippen LogP contribution is -2.34. The largest absolute Gasteiger partial charge is 0.481 e. The van der Waals surface area contributed by atoms with Crippen LogP contribution in [0.4, 0.5) is 5.69 Å². The van der Waals surface area contributed by atoms with Crippen molar-refractivity contribution in [2.45, 2.75) is 13.8 Å². The van der Waals surface area contributed by atoms with Gasteiger partial charge in [-0.3, -0.25) is 5.41 Å². The second kappa shape index (κ2) is 6.08. The minimum Gasteiger partial charge on any atom is -0.481 e. The second-order valence-corrected chi connectivity index (χ2v) is 3.95. The topological polar surface area (TPSA) is 75.2 Å². The number of amidine groups is 1. The van der Waals surface area contributed by atoms with Gasteiger partial charge in [0.2, 0.25) is 5.88 Å². The van der Waals surface area contributed by atoms with E-state index < -0.39 is 0 Å². The third-order valence-electron chi connectivity index (χ3n) is 2.70. The molecule has 1 heterocycles. The van der Waals surface area contributed by atoms with Crippen LogP contribution in [0.3, 0.4) is 0 Å². The van der Waals surface area contributed by atoms with Crippen molar-refractivity contribution in [3.63, 3.8) is 0 Å². The molecule has 0 bridgehead atoms. The molecule has 94 valence electrons. The highest BCUT2D eigenvalue weighted by molar-refractivity contribution is 5.79. The molecule has 1 atom stereocenters. The van der Waals surface area contributed by atoms with E-state index in [1.165, 1.54) is 0 Å². The number of nitrogens with zero attached hydrogens (tertiary/aromatic N) is 2. The van der Waals surface area contributed by atoms with Gasteiger partial charge in [-0.25, -0.2) is 4.98 Å². The summed E-state index contributed by atoms with van der Waals surface area (Å²) in [7, 11) is 1.60. The lowest BCUT2D eigenvalue weighted by molar-refractivity contribution is 0.398. The van der Waals surface area contributed by atoms with E-state index >= 15 is 0 Å². The molecule has 1 rings (SSSR count). The maximum Gasteiger partial charge on any atom is 0.214 e. The Morgan fingerprint density at radius 3 is 2.88 bits per heavy atom. The summed E-state index contributed by atoms with van der Waals surface area (Å²) < 4.78 is 5.10. The predicted octanol–water partition coefficient (Wildman–Crippen LogP) is 1.49. The van der Waals surface area contributed by atoms with E-state index in [2.05, 4.69) is 16.8 Å². The van der Waals surface area contributed by atoms with Gasteiger partial charge in [0.25, 0.3) is 0 Å². The number of anilines is 1. The lowest BCUT2D eigenvalue weighted by atomic mass is 10.1. The maximum absolute atomic E-state index is 7.42. The Bertz CT molecular complexity index is 381. The van der Waals surface area contributed by atoms with Crippen LogP contribution in [0.1, 0.15) is 13.8 Å². The molecule has 0 aromatic carbocycles. The van der Waals surface area contributed by atoms with Gasteiger partial charge in [-0.15, -0.1) is 0 Å². The number of nitrogens with one attached hydrogen (secondary N) is 1. The number of aromatic nitrogens is 1. The molecule has 1 aromatic heterocycles. The van der Waals surface area contributed by atoms with Crippen LogP contribution in [0.5, 0.6) is 5.88 Å². The molecule has 0 radical (unpaired) electrons. The number of nitrogens with two attached hydrogens (primary N) is 1. The molecule has 0 saturated heterocycles. The molecule has 5 heteroatoms. The maximum atomic E-state index is 7.42. The molecule has 3 N–H and O–H groups in total. The first kappa shape index (κ1) is 13.3. The average Bonchev–Trinajstić information content (AvgIpc) is 2.35. The molecule has 0 amide bonds. The van der Waals surface area contributed by atoms with E-state index in [1.807, 2.05) is 19.1 Å². The van der Waals surface area contributed by atoms with Crippen LogP contribution in [0, 0.1) is 11.3 Å². The highest BCUT2D eigenvalue weighted by Gasteiger charge is 2.12. The second-order valence-electron chi connectivity index (χ2n) is 3.95. The van der Waals surface area contributed by atoms with Crippen LogP contribution in [0.2, 0.25) is 0 Å². The molecular weight excluding hydrogens is 216 g/mol. The van der Waals surface area contributed by atoms with Crippen LogP contribution in [-0.2, 0) is 0 Å². The van der Waals surface area contributed by atoms with E-state index in [0.717, 1.165) is 18.8 Å². The third kappa shape index (κ3) is 3.62. The third-order valence-corrected chi connectivity index (χ3v) is 2.70. The van der Waals surface area contributed by atoms with E-state index in [1.54, 1.807) is 13.3 Å². The SMILES string of the molecule is CCN(CC(C)C(=N)N)c1ccnc(OC)c1. The first-order valence-electron chi connectivity index (χ1n) is 5.67. The molecule has 0 aliphatic carbocycles. The lowest BCUT2D eigenvalue weighted by Gasteiger charge is -2.26. The number of pyridine rings is 1. The van der Waals surface area contributed by atoms with Gasteiger partial charge in [0.1, 0.15) is 0 Å². The standard InChI is InChI=1S/C12H20N4O/c1-4-16(8-9(2)12(13)14)10-5-6-15-11(7-10)17-3/h5-7,9H,4,8H2,1-3H3,(H3,13,14). The van der Waals surface area contributed by atoms with Crippen molar-refractivity contribution >= 4 is 11.5 Å². The fourth-order valence-electron chi connectivity index (χ4n) is 1.55. The van der Waals surface area contributed by atoms with Crippen molar-refractivity contribution in [2.75, 3.05) is 25.1 Å². The quantitative estimate of drug-likeness (QED) is 0.579. The summed E-state index contributed by atoms with van der Waals surface area (Å²) in [5.41, 5.74) is 6.53. The van der Waals surface area contributed by atoms with Gasteiger partial charge >= 0.3 is 0 Å². The summed E-state index contributed by atoms with van der Waals surface area (Å²) in [6.45, 7) is 5.59. The van der Waals surface area contributed by atoms with Gasteiger partial charge in [0.15, 0.2) is 0 Å². The molecule has 0 aliphatic rings. The molecule has 0 spiro atoms. The van der Waals surface area contributed by atoms with Crippen LogP contribution in [0.15, 0.2) is 18.3 Å². The summed E-state index contributed by atoms with van der Waals surface area (Å²) >= 11 is 0. The van der Waals surface area contributed by atoms with Crippen LogP contribution < -0.4 is 15.4 Å². The van der Waals surface area contributed by atoms with Crippen molar-refractivity contribution in [2.24, 2.45) is 11.7 Å². The number of ether oxygens (including phenoxy) is 1. The molecule has 1 aromatic rings. The minimum absolute atomic E-state index is 0.0362. The number of methoxy groups -OCH3 is 1. The fraction of sp³-hybridized carbons (Fsp3) is 0.500. The smallest absolute Gasteiger partial charge is 0.214 e. The molecule has 0 saturated carbocycles. The zero-order valence-electron chi connectivity index (χ0n) is 10.6. The summed E-state index contributed by atoms with van der Waals surface area (Å²) in [6, 6.07) is 3.81. The van der Waals surface area contributed by atoms with Gasteiger partial charge < -0.3 is 15.4 Å². The van der Waals surface area contributed by atoms with E-state index in [0.29, 0.717) is 5.88 Å². The molecular formula is C12H20N4O. The van der Waals surface area contributed by atoms with Gasteiger partial charge in [-0.2, -0.15) is 0 Å². The van der Waals surface area contributed by atoms with Crippen LogP contribution >= 0.6 is 0 Å². The zero-order valence-corrected chi connectivity index (χ0v) is 10.6. The number of hydrogen-bond acceptors (Lipinski definition) is 4. The Labute approximate surface area is 102 Å². The first-order chi connectivity index (χ1) is 8.08. The highest BCUT2D eigenvalue weighted by Crippen LogP contribution is 2.19. The van der Waals surface area contributed by atoms with Crippen molar-refractivity contribution in [1.29, 1.82) is 5.41 Å². The van der Waals surface area contributed by atoms with Crippen LogP contribution in [-0.4, -0.2) is 31.0 Å². The average molecular weight is 236 g/mol. The molecule has 0 aliphatic heterocycles. The van der Waals surface area contributed by atoms with Crippen molar-refractivity contribution in [3.05, 3.63) is 18.3 Å². The van der Waals surface area contributed by atoms with Gasteiger partial charge in [0.05, 0.1) is 12.9 Å². The Hall–Kier alpha value is -1.78. The van der Waals surface area contributed by atoms with Crippen molar-refractivity contribution in [1.82, 2.24) is 4.98 Å². The first-order valence-corrected chi connectivity index (χ1v) is 5.67. The van der Waals surface area contributed by atoms with Crippen molar-refractivity contribution < 1.29 is 4.74 Å². The zero-order chi connectivity index (χ0) is 12.8. The molecule has 5 nitrogen and oxygen atoms in total. The highest BCUT2D eigenvalue weighted by atomic mass is 16.5. The number of rotatable bonds is 6. The molecule has 1 unspecified atom stereocenters. The summed E-state index contributed by atoms with van der Waals surface area (Å²) in [5.74, 6) is 0.843. The molecule has 17 heavy (non-hydrogen) atoms. The summed E-state index contributed by atoms with van der Waals surface area (Å²) in [6.07, 6.45) is 1.72. The van der Waals surface area contributed by atoms with E-state index in [-0.39, 0.29) is 11.8 Å². The monoisotopic (exact) mass is 236 g/mol. The normalized spacial score (nSPS) is 11.9. The Morgan fingerprint density at radius 2 is 2.35 bits per heavy atom. The van der Waals surface area contributed by atoms with Crippen LogP contribution in [0.25, 0.3) is 0 Å². The number of hydrogen-bond donors (Lipinski definition) is 2. The van der Waals surface area contributed by atoms with Gasteiger partial charge in [-0.05, 0) is 13.0 Å². The molecule has 0 fully saturated rings. The fourth-order valence-corrected chi connectivity index (χ4v) is 1.55. The summed E-state index contributed by atoms with van der Waals surface area (Å²) in [4.78, 5) is 6.22. The van der Waals surface area contributed by atoms with E-state index in [4.69, 9.17) is 15.9 Å².